The maximum Gasteiger partial charge on any atom is 0.325 e. The number of rotatable bonds is 6. The van der Waals surface area contributed by atoms with Gasteiger partial charge in [0.2, 0.25) is 0 Å². The molecule has 0 radical (unpaired) electrons. The molecule has 2 aromatic rings. The summed E-state index contributed by atoms with van der Waals surface area (Å²) in [5, 5.41) is 19.4. The molecule has 114 valence electrons. The maximum absolute atomic E-state index is 12.1. The quantitative estimate of drug-likeness (QED) is 0.708. The van der Waals surface area contributed by atoms with Crippen LogP contribution in [-0.2, 0) is 35.0 Å². The first kappa shape index (κ1) is 15.4. The molecule has 0 saturated heterocycles. The number of nitrogens with one attached hydrogen (secondary N) is 1. The first-order valence-corrected chi connectivity index (χ1v) is 7.43. The lowest BCUT2D eigenvalue weighted by Gasteiger charge is -2.05. The fraction of sp³-hybridized carbons (Fsp3) is 0.333. The lowest BCUT2D eigenvalue weighted by molar-refractivity contribution is -0.137. The van der Waals surface area contributed by atoms with Gasteiger partial charge in [-0.1, -0.05) is 16.8 Å². The Morgan fingerprint density at radius 2 is 2.24 bits per heavy atom. The van der Waals surface area contributed by atoms with Gasteiger partial charge in [0.1, 0.15) is 6.54 Å². The van der Waals surface area contributed by atoms with Gasteiger partial charge in [-0.2, -0.15) is 5.10 Å². The van der Waals surface area contributed by atoms with Gasteiger partial charge >= 0.3 is 5.97 Å². The van der Waals surface area contributed by atoms with E-state index in [0.717, 1.165) is 9.36 Å². The molecule has 2 rings (SSSR count). The van der Waals surface area contributed by atoms with Crippen molar-refractivity contribution in [2.75, 3.05) is 0 Å². The molecule has 0 aromatic carbocycles. The average Bonchev–Trinajstić information content (AvgIpc) is 2.94. The van der Waals surface area contributed by atoms with Gasteiger partial charge in [0.05, 0.1) is 29.7 Å². The van der Waals surface area contributed by atoms with Crippen LogP contribution in [0, 0.1) is 0 Å². The lowest BCUT2D eigenvalue weighted by atomic mass is 10.5. The minimum absolute atomic E-state index is 0.000434. The predicted molar refractivity (Wildman–Crippen MR) is 69.9 cm³/mol. The maximum atomic E-state index is 12.1. The Balaban J connectivity index is 2.09. The van der Waals surface area contributed by atoms with Gasteiger partial charge in [0.25, 0.3) is 10.0 Å². The number of aromatic nitrogens is 5. The molecule has 0 unspecified atom stereocenters. The van der Waals surface area contributed by atoms with E-state index < -0.39 is 16.0 Å². The summed E-state index contributed by atoms with van der Waals surface area (Å²) in [5.74, 6) is -1.08. The van der Waals surface area contributed by atoms with Crippen molar-refractivity contribution < 1.29 is 18.3 Å². The van der Waals surface area contributed by atoms with Crippen LogP contribution in [0.3, 0.4) is 0 Å². The highest BCUT2D eigenvalue weighted by Gasteiger charge is 2.22. The van der Waals surface area contributed by atoms with Crippen molar-refractivity contribution in [3.8, 4) is 0 Å². The van der Waals surface area contributed by atoms with E-state index in [1.807, 2.05) is 0 Å². The Kier molecular flexibility index (Phi) is 4.25. The molecule has 12 heteroatoms. The molecule has 10 nitrogen and oxygen atoms in total. The molecule has 0 aliphatic heterocycles. The summed E-state index contributed by atoms with van der Waals surface area (Å²) in [5.41, 5.74) is 0.276. The van der Waals surface area contributed by atoms with E-state index in [-0.39, 0.29) is 28.8 Å². The number of carbonyl (C=O) groups is 1. The van der Waals surface area contributed by atoms with E-state index in [1.54, 1.807) is 0 Å². The second-order valence-electron chi connectivity index (χ2n) is 4.05. The van der Waals surface area contributed by atoms with Gasteiger partial charge in [-0.25, -0.2) is 17.8 Å². The first-order chi connectivity index (χ1) is 9.79. The summed E-state index contributed by atoms with van der Waals surface area (Å²) in [6.45, 7) is -0.503. The standard InChI is InChI=1S/C9H11ClN6O4S/c1-15-9(7(10)3-11-15)21(19,20)12-2-6-4-16(14-13-6)5-8(17)18/h3-4,12H,2,5H2,1H3,(H,17,18). The topological polar surface area (TPSA) is 132 Å². The zero-order valence-electron chi connectivity index (χ0n) is 10.8. The zero-order valence-corrected chi connectivity index (χ0v) is 12.3. The highest BCUT2D eigenvalue weighted by Crippen LogP contribution is 2.19. The number of sulfonamides is 1. The van der Waals surface area contributed by atoms with Crippen molar-refractivity contribution in [3.63, 3.8) is 0 Å². The largest absolute Gasteiger partial charge is 0.480 e. The van der Waals surface area contributed by atoms with Crippen LogP contribution in [-0.4, -0.2) is 44.3 Å². The minimum atomic E-state index is -3.87. The fourth-order valence-electron chi connectivity index (χ4n) is 1.57. The van der Waals surface area contributed by atoms with Crippen LogP contribution in [0.15, 0.2) is 17.4 Å². The molecular formula is C9H11ClN6O4S. The Morgan fingerprint density at radius 1 is 1.52 bits per heavy atom. The van der Waals surface area contributed by atoms with E-state index in [0.29, 0.717) is 0 Å². The summed E-state index contributed by atoms with van der Waals surface area (Å²) in [6.07, 6.45) is 2.56. The molecule has 21 heavy (non-hydrogen) atoms. The van der Waals surface area contributed by atoms with Crippen molar-refractivity contribution in [2.45, 2.75) is 18.1 Å². The van der Waals surface area contributed by atoms with E-state index in [9.17, 15) is 13.2 Å². The lowest BCUT2D eigenvalue weighted by Crippen LogP contribution is -2.25. The van der Waals surface area contributed by atoms with Crippen LogP contribution >= 0.6 is 11.6 Å². The average molecular weight is 335 g/mol. The third kappa shape index (κ3) is 3.56. The van der Waals surface area contributed by atoms with Gasteiger partial charge in [-0.05, 0) is 0 Å². The third-order valence-electron chi connectivity index (χ3n) is 2.42. The Labute approximate surface area is 124 Å². The number of hydrogen-bond acceptors (Lipinski definition) is 6. The monoisotopic (exact) mass is 334 g/mol. The van der Waals surface area contributed by atoms with E-state index in [4.69, 9.17) is 16.7 Å². The van der Waals surface area contributed by atoms with Crippen molar-refractivity contribution >= 4 is 27.6 Å². The highest BCUT2D eigenvalue weighted by atomic mass is 35.5. The minimum Gasteiger partial charge on any atom is -0.480 e. The molecular weight excluding hydrogens is 324 g/mol. The third-order valence-corrected chi connectivity index (χ3v) is 4.33. The van der Waals surface area contributed by atoms with Gasteiger partial charge in [0.15, 0.2) is 5.03 Å². The second kappa shape index (κ2) is 5.79. The molecule has 0 spiro atoms. The van der Waals surface area contributed by atoms with Crippen LogP contribution in [0.2, 0.25) is 5.02 Å². The number of aliphatic carboxylic acids is 1. The molecule has 0 saturated carbocycles. The number of halogens is 1. The van der Waals surface area contributed by atoms with E-state index in [2.05, 4.69) is 20.1 Å². The Morgan fingerprint density at radius 3 is 2.81 bits per heavy atom. The van der Waals surface area contributed by atoms with Crippen molar-refractivity contribution in [3.05, 3.63) is 23.1 Å². The number of nitrogens with zero attached hydrogens (tertiary/aromatic N) is 5. The molecule has 0 amide bonds. The predicted octanol–water partition coefficient (Wildman–Crippen LogP) is -0.772. The van der Waals surface area contributed by atoms with Gasteiger partial charge in [-0.3, -0.25) is 9.48 Å². The molecule has 0 fully saturated rings. The van der Waals surface area contributed by atoms with Crippen LogP contribution in [0.1, 0.15) is 5.69 Å². The summed E-state index contributed by atoms with van der Waals surface area (Å²) in [6, 6.07) is 0. The number of aryl methyl sites for hydroxylation is 1. The number of hydrogen-bond donors (Lipinski definition) is 2. The molecule has 0 aliphatic rings. The summed E-state index contributed by atoms with van der Waals surface area (Å²) < 4.78 is 28.7. The number of carboxylic acids is 1. The molecule has 2 aromatic heterocycles. The molecule has 0 bridgehead atoms. The summed E-state index contributed by atoms with van der Waals surface area (Å²) in [7, 11) is -2.42. The van der Waals surface area contributed by atoms with Crippen molar-refractivity contribution in [1.82, 2.24) is 29.5 Å². The van der Waals surface area contributed by atoms with Crippen molar-refractivity contribution in [1.29, 1.82) is 0 Å². The van der Waals surface area contributed by atoms with Gasteiger partial charge in [0, 0.05) is 7.05 Å². The van der Waals surface area contributed by atoms with Crippen LogP contribution in [0.5, 0.6) is 0 Å². The van der Waals surface area contributed by atoms with Crippen molar-refractivity contribution in [2.24, 2.45) is 7.05 Å². The SMILES string of the molecule is Cn1ncc(Cl)c1S(=O)(=O)NCc1cn(CC(=O)O)nn1. The highest BCUT2D eigenvalue weighted by molar-refractivity contribution is 7.89. The normalized spacial score (nSPS) is 11.7. The van der Waals surface area contributed by atoms with E-state index >= 15 is 0 Å². The zero-order chi connectivity index (χ0) is 15.6. The number of carboxylic acid groups (broad SMARTS) is 1. The molecule has 0 aliphatic carbocycles. The first-order valence-electron chi connectivity index (χ1n) is 5.57. The molecule has 2 heterocycles. The van der Waals surface area contributed by atoms with E-state index in [1.165, 1.54) is 19.4 Å². The summed E-state index contributed by atoms with van der Waals surface area (Å²) >= 11 is 5.77. The fourth-order valence-corrected chi connectivity index (χ4v) is 3.22. The van der Waals surface area contributed by atoms with Crippen LogP contribution in [0.4, 0.5) is 0 Å². The van der Waals surface area contributed by atoms with Crippen LogP contribution in [0.25, 0.3) is 0 Å². The molecule has 2 N–H and O–H groups in total. The van der Waals surface area contributed by atoms with Crippen LogP contribution < -0.4 is 4.72 Å². The smallest absolute Gasteiger partial charge is 0.325 e. The van der Waals surface area contributed by atoms with Gasteiger partial charge < -0.3 is 5.11 Å². The summed E-state index contributed by atoms with van der Waals surface area (Å²) in [4.78, 5) is 10.5. The Bertz CT molecular complexity index is 748. The second-order valence-corrected chi connectivity index (χ2v) is 6.14. The molecule has 0 atom stereocenters. The Hall–Kier alpha value is -1.98. The van der Waals surface area contributed by atoms with Gasteiger partial charge in [-0.15, -0.1) is 5.10 Å².